The van der Waals surface area contributed by atoms with Gasteiger partial charge in [0, 0.05) is 11.3 Å². The largest absolute Gasteiger partial charge is 0.324 e. The number of hydrogen-bond acceptors (Lipinski definition) is 1. The van der Waals surface area contributed by atoms with Crippen LogP contribution in [0.25, 0.3) is 0 Å². The van der Waals surface area contributed by atoms with Crippen molar-refractivity contribution >= 4 is 27.5 Å². The van der Waals surface area contributed by atoms with Gasteiger partial charge in [-0.25, -0.2) is 4.39 Å². The van der Waals surface area contributed by atoms with Crippen molar-refractivity contribution in [1.29, 1.82) is 0 Å². The summed E-state index contributed by atoms with van der Waals surface area (Å²) in [6, 6.07) is 4.25. The Kier molecular flexibility index (Phi) is 1.70. The lowest BCUT2D eigenvalue weighted by molar-refractivity contribution is -0.117. The molecule has 0 saturated heterocycles. The molecule has 68 valence electrons. The molecule has 1 N–H and O–H groups in total. The fourth-order valence-corrected chi connectivity index (χ4v) is 1.80. The lowest BCUT2D eigenvalue weighted by Crippen LogP contribution is -2.23. The van der Waals surface area contributed by atoms with Crippen LogP contribution in [0.2, 0.25) is 0 Å². The van der Waals surface area contributed by atoms with Gasteiger partial charge in [-0.3, -0.25) is 4.79 Å². The molecule has 1 aromatic carbocycles. The third-order valence-corrected chi connectivity index (χ3v) is 2.95. The van der Waals surface area contributed by atoms with Gasteiger partial charge in [0.25, 0.3) is 0 Å². The molecule has 0 spiro atoms. The number of anilines is 1. The first kappa shape index (κ1) is 8.69. The van der Waals surface area contributed by atoms with Crippen LogP contribution in [0.4, 0.5) is 10.1 Å². The molecule has 1 heterocycles. The van der Waals surface area contributed by atoms with Gasteiger partial charge in [0.15, 0.2) is 0 Å². The average molecular weight is 244 g/mol. The van der Waals surface area contributed by atoms with Crippen LogP contribution in [-0.2, 0) is 9.12 Å². The number of fused-ring (bicyclic) bond motifs is 1. The smallest absolute Gasteiger partial charge is 0.245 e. The standard InChI is InChI=1S/C9H7BrFNO/c1-9(10)6-4-5(11)2-3-7(6)12-8(9)13/h2-4H,1H3,(H,12,13). The average Bonchev–Trinajstić information content (AvgIpc) is 2.27. The number of hydrogen-bond donors (Lipinski definition) is 1. The third-order valence-electron chi connectivity index (χ3n) is 2.16. The normalized spacial score (nSPS) is 25.6. The number of carbonyl (C=O) groups is 1. The third kappa shape index (κ3) is 1.16. The Balaban J connectivity index is 2.64. The van der Waals surface area contributed by atoms with Crippen molar-refractivity contribution < 1.29 is 9.18 Å². The molecule has 1 aromatic rings. The molecule has 4 heteroatoms. The van der Waals surface area contributed by atoms with Gasteiger partial charge in [0.05, 0.1) is 0 Å². The highest BCUT2D eigenvalue weighted by atomic mass is 79.9. The zero-order chi connectivity index (χ0) is 9.64. The van der Waals surface area contributed by atoms with Gasteiger partial charge < -0.3 is 5.32 Å². The van der Waals surface area contributed by atoms with Crippen LogP contribution < -0.4 is 5.32 Å². The minimum absolute atomic E-state index is 0.159. The molecule has 2 nitrogen and oxygen atoms in total. The monoisotopic (exact) mass is 243 g/mol. The first-order chi connectivity index (χ1) is 6.01. The Morgan fingerprint density at radius 1 is 1.54 bits per heavy atom. The quantitative estimate of drug-likeness (QED) is 0.697. The van der Waals surface area contributed by atoms with E-state index in [1.165, 1.54) is 12.1 Å². The highest BCUT2D eigenvalue weighted by Gasteiger charge is 2.40. The lowest BCUT2D eigenvalue weighted by Gasteiger charge is -2.11. The van der Waals surface area contributed by atoms with Crippen molar-refractivity contribution in [2.45, 2.75) is 11.2 Å². The first-order valence-corrected chi connectivity index (χ1v) is 4.61. The van der Waals surface area contributed by atoms with E-state index in [-0.39, 0.29) is 11.7 Å². The summed E-state index contributed by atoms with van der Waals surface area (Å²) in [5, 5.41) is 2.66. The maximum Gasteiger partial charge on any atom is 0.245 e. The van der Waals surface area contributed by atoms with Gasteiger partial charge in [-0.1, -0.05) is 15.9 Å². The Morgan fingerprint density at radius 2 is 2.23 bits per heavy atom. The van der Waals surface area contributed by atoms with E-state index in [1.807, 2.05) is 0 Å². The van der Waals surface area contributed by atoms with E-state index in [0.29, 0.717) is 11.3 Å². The van der Waals surface area contributed by atoms with Gasteiger partial charge in [-0.15, -0.1) is 0 Å². The van der Waals surface area contributed by atoms with Crippen LogP contribution in [0.5, 0.6) is 0 Å². The number of alkyl halides is 1. The number of benzene rings is 1. The van der Waals surface area contributed by atoms with Gasteiger partial charge in [-0.05, 0) is 25.1 Å². The van der Waals surface area contributed by atoms with E-state index in [1.54, 1.807) is 13.0 Å². The van der Waals surface area contributed by atoms with Crippen LogP contribution in [-0.4, -0.2) is 5.91 Å². The van der Waals surface area contributed by atoms with Gasteiger partial charge in [0.2, 0.25) is 5.91 Å². The van der Waals surface area contributed by atoms with E-state index in [2.05, 4.69) is 21.2 Å². The van der Waals surface area contributed by atoms with E-state index in [4.69, 9.17) is 0 Å². The van der Waals surface area contributed by atoms with Crippen LogP contribution in [0.3, 0.4) is 0 Å². The van der Waals surface area contributed by atoms with Crippen molar-refractivity contribution in [2.75, 3.05) is 5.32 Å². The Morgan fingerprint density at radius 3 is 2.92 bits per heavy atom. The summed E-state index contributed by atoms with van der Waals surface area (Å²) in [6.07, 6.45) is 0. The van der Waals surface area contributed by atoms with Gasteiger partial charge in [-0.2, -0.15) is 0 Å². The summed E-state index contributed by atoms with van der Waals surface area (Å²) in [5.41, 5.74) is 1.32. The second kappa shape index (κ2) is 2.54. The van der Waals surface area contributed by atoms with Crippen LogP contribution in [0, 0.1) is 5.82 Å². The SMILES string of the molecule is CC1(Br)C(=O)Nc2ccc(F)cc21. The molecule has 0 saturated carbocycles. The summed E-state index contributed by atoms with van der Waals surface area (Å²) < 4.78 is 12.1. The highest BCUT2D eigenvalue weighted by molar-refractivity contribution is 9.10. The number of halogens is 2. The molecule has 0 radical (unpaired) electrons. The molecule has 1 atom stereocenters. The van der Waals surface area contributed by atoms with Gasteiger partial charge in [0.1, 0.15) is 10.1 Å². The summed E-state index contributed by atoms with van der Waals surface area (Å²) >= 11 is 3.26. The highest BCUT2D eigenvalue weighted by Crippen LogP contribution is 2.42. The first-order valence-electron chi connectivity index (χ1n) is 3.82. The second-order valence-electron chi connectivity index (χ2n) is 3.15. The second-order valence-corrected chi connectivity index (χ2v) is 4.73. The molecular formula is C9H7BrFNO. The lowest BCUT2D eigenvalue weighted by atomic mass is 10.0. The molecule has 13 heavy (non-hydrogen) atoms. The Bertz CT molecular complexity index is 389. The summed E-state index contributed by atoms with van der Waals surface area (Å²) in [5.74, 6) is -0.492. The number of nitrogens with one attached hydrogen (secondary N) is 1. The number of rotatable bonds is 0. The molecule has 0 aromatic heterocycles. The fourth-order valence-electron chi connectivity index (χ4n) is 1.38. The molecule has 0 bridgehead atoms. The van der Waals surface area contributed by atoms with Crippen molar-refractivity contribution in [3.05, 3.63) is 29.6 Å². The van der Waals surface area contributed by atoms with E-state index in [0.717, 1.165) is 0 Å². The predicted molar refractivity (Wildman–Crippen MR) is 51.3 cm³/mol. The topological polar surface area (TPSA) is 29.1 Å². The maximum atomic E-state index is 12.9. The van der Waals surface area contributed by atoms with E-state index in [9.17, 15) is 9.18 Å². The summed E-state index contributed by atoms with van der Waals surface area (Å²) in [7, 11) is 0. The minimum Gasteiger partial charge on any atom is -0.324 e. The van der Waals surface area contributed by atoms with Crippen molar-refractivity contribution in [2.24, 2.45) is 0 Å². The van der Waals surface area contributed by atoms with E-state index >= 15 is 0 Å². The molecule has 1 aliphatic rings. The molecule has 1 aliphatic heterocycles. The van der Waals surface area contributed by atoms with Crippen molar-refractivity contribution in [3.63, 3.8) is 0 Å². The van der Waals surface area contributed by atoms with Crippen LogP contribution >= 0.6 is 15.9 Å². The number of carbonyl (C=O) groups excluding carboxylic acids is 1. The molecule has 2 rings (SSSR count). The summed E-state index contributed by atoms with van der Waals surface area (Å²) in [6.45, 7) is 1.70. The predicted octanol–water partition coefficient (Wildman–Crippen LogP) is 2.39. The Hall–Kier alpha value is -0.900. The fraction of sp³-hybridized carbons (Fsp3) is 0.222. The molecule has 1 unspecified atom stereocenters. The number of amides is 1. The molecular weight excluding hydrogens is 237 g/mol. The maximum absolute atomic E-state index is 12.9. The minimum atomic E-state index is -0.801. The molecule has 0 fully saturated rings. The van der Waals surface area contributed by atoms with E-state index < -0.39 is 4.32 Å². The van der Waals surface area contributed by atoms with Crippen LogP contribution in [0.15, 0.2) is 18.2 Å². The van der Waals surface area contributed by atoms with Gasteiger partial charge >= 0.3 is 0 Å². The van der Waals surface area contributed by atoms with Crippen molar-refractivity contribution in [1.82, 2.24) is 0 Å². The van der Waals surface area contributed by atoms with Crippen LogP contribution in [0.1, 0.15) is 12.5 Å². The molecule has 1 amide bonds. The zero-order valence-electron chi connectivity index (χ0n) is 6.90. The molecule has 0 aliphatic carbocycles. The zero-order valence-corrected chi connectivity index (χ0v) is 8.48. The Labute approximate surface area is 83.3 Å². The summed E-state index contributed by atoms with van der Waals surface area (Å²) in [4.78, 5) is 11.4. The van der Waals surface area contributed by atoms with Crippen molar-refractivity contribution in [3.8, 4) is 0 Å².